The Morgan fingerprint density at radius 3 is 2.42 bits per heavy atom. The fraction of sp³-hybridized carbons (Fsp3) is 0.273. The molecule has 0 radical (unpaired) electrons. The van der Waals surface area contributed by atoms with Crippen LogP contribution in [0.25, 0.3) is 0 Å². The van der Waals surface area contributed by atoms with Gasteiger partial charge in [0.15, 0.2) is 0 Å². The van der Waals surface area contributed by atoms with Crippen molar-refractivity contribution in [1.29, 1.82) is 0 Å². The molecule has 0 rings (SSSR count). The van der Waals surface area contributed by atoms with Crippen LogP contribution < -0.4 is 5.73 Å². The maximum atomic E-state index is 5.38. The third-order valence-corrected chi connectivity index (χ3v) is 1.50. The first-order chi connectivity index (χ1) is 5.74. The molecule has 12 heavy (non-hydrogen) atoms. The molecule has 2 N–H and O–H groups in total. The van der Waals surface area contributed by atoms with Gasteiger partial charge in [0.1, 0.15) is 0 Å². The van der Waals surface area contributed by atoms with Crippen LogP contribution in [0.2, 0.25) is 0 Å². The van der Waals surface area contributed by atoms with Gasteiger partial charge in [0, 0.05) is 0 Å². The SMILES string of the molecule is C=CC/C(C=C)=C/C(=C)CCN. The second-order valence-electron chi connectivity index (χ2n) is 2.61. The predicted molar refractivity (Wildman–Crippen MR) is 55.9 cm³/mol. The molecule has 0 spiro atoms. The van der Waals surface area contributed by atoms with Crippen molar-refractivity contribution in [3.63, 3.8) is 0 Å². The van der Waals surface area contributed by atoms with Crippen molar-refractivity contribution >= 4 is 0 Å². The summed E-state index contributed by atoms with van der Waals surface area (Å²) >= 11 is 0. The van der Waals surface area contributed by atoms with E-state index in [9.17, 15) is 0 Å². The van der Waals surface area contributed by atoms with Gasteiger partial charge in [-0.2, -0.15) is 0 Å². The molecule has 0 bridgehead atoms. The normalized spacial score (nSPS) is 10.9. The number of allylic oxidation sites excluding steroid dienone is 4. The second kappa shape index (κ2) is 6.62. The summed E-state index contributed by atoms with van der Waals surface area (Å²) in [6.45, 7) is 11.9. The first-order valence-electron chi connectivity index (χ1n) is 4.06. The standard InChI is InChI=1S/C11H17N/c1-4-6-11(5-2)9-10(3)7-8-12/h4-5,9H,1-3,6-8,12H2/b11-9+. The maximum absolute atomic E-state index is 5.38. The molecule has 0 atom stereocenters. The van der Waals surface area contributed by atoms with E-state index in [0.717, 1.165) is 24.0 Å². The Labute approximate surface area is 75.0 Å². The molecule has 0 amide bonds. The quantitative estimate of drug-likeness (QED) is 0.472. The first kappa shape index (κ1) is 10.9. The van der Waals surface area contributed by atoms with Crippen LogP contribution in [-0.4, -0.2) is 6.54 Å². The van der Waals surface area contributed by atoms with E-state index < -0.39 is 0 Å². The third kappa shape index (κ3) is 4.69. The average molecular weight is 163 g/mol. The maximum Gasteiger partial charge on any atom is -0.00369 e. The summed E-state index contributed by atoms with van der Waals surface area (Å²) in [6.07, 6.45) is 7.37. The predicted octanol–water partition coefficient (Wildman–Crippen LogP) is 2.58. The molecular formula is C11H17N. The van der Waals surface area contributed by atoms with E-state index in [4.69, 9.17) is 5.73 Å². The first-order valence-corrected chi connectivity index (χ1v) is 4.06. The van der Waals surface area contributed by atoms with Crippen LogP contribution in [0, 0.1) is 0 Å². The summed E-state index contributed by atoms with van der Waals surface area (Å²) in [6, 6.07) is 0. The lowest BCUT2D eigenvalue weighted by Gasteiger charge is -1.99. The lowest BCUT2D eigenvalue weighted by molar-refractivity contribution is 0.974. The van der Waals surface area contributed by atoms with E-state index in [2.05, 4.69) is 19.7 Å². The van der Waals surface area contributed by atoms with Crippen molar-refractivity contribution in [2.45, 2.75) is 12.8 Å². The van der Waals surface area contributed by atoms with Crippen LogP contribution in [0.15, 0.2) is 49.1 Å². The number of rotatable bonds is 6. The lowest BCUT2D eigenvalue weighted by Crippen LogP contribution is -1.98. The largest absolute Gasteiger partial charge is 0.330 e. The highest BCUT2D eigenvalue weighted by Gasteiger charge is 1.90. The molecule has 0 unspecified atom stereocenters. The van der Waals surface area contributed by atoms with Gasteiger partial charge in [0.25, 0.3) is 0 Å². The average Bonchev–Trinajstić information content (AvgIpc) is 2.04. The molecule has 0 aliphatic carbocycles. The van der Waals surface area contributed by atoms with Crippen molar-refractivity contribution in [3.8, 4) is 0 Å². The minimum Gasteiger partial charge on any atom is -0.330 e. The highest BCUT2D eigenvalue weighted by molar-refractivity contribution is 5.28. The number of hydrogen-bond donors (Lipinski definition) is 1. The fourth-order valence-corrected chi connectivity index (χ4v) is 0.888. The van der Waals surface area contributed by atoms with Crippen LogP contribution in [0.5, 0.6) is 0 Å². The third-order valence-electron chi connectivity index (χ3n) is 1.50. The molecule has 0 aromatic rings. The van der Waals surface area contributed by atoms with E-state index >= 15 is 0 Å². The van der Waals surface area contributed by atoms with Gasteiger partial charge in [0.2, 0.25) is 0 Å². The minimum absolute atomic E-state index is 0.647. The molecule has 0 heterocycles. The van der Waals surface area contributed by atoms with Crippen molar-refractivity contribution < 1.29 is 0 Å². The number of nitrogens with two attached hydrogens (primary N) is 1. The molecule has 0 fully saturated rings. The lowest BCUT2D eigenvalue weighted by atomic mass is 10.1. The Morgan fingerprint density at radius 1 is 1.33 bits per heavy atom. The minimum atomic E-state index is 0.647. The summed E-state index contributed by atoms with van der Waals surface area (Å²) < 4.78 is 0. The van der Waals surface area contributed by atoms with E-state index in [1.54, 1.807) is 0 Å². The Balaban J connectivity index is 4.16. The monoisotopic (exact) mass is 163 g/mol. The molecular weight excluding hydrogens is 146 g/mol. The Hall–Kier alpha value is -1.08. The van der Waals surface area contributed by atoms with Crippen molar-refractivity contribution in [2.75, 3.05) is 6.54 Å². The van der Waals surface area contributed by atoms with Gasteiger partial charge < -0.3 is 5.73 Å². The number of hydrogen-bond acceptors (Lipinski definition) is 1. The van der Waals surface area contributed by atoms with E-state index in [-0.39, 0.29) is 0 Å². The molecule has 0 aliphatic heterocycles. The summed E-state index contributed by atoms with van der Waals surface area (Å²) in [5.74, 6) is 0. The zero-order valence-corrected chi connectivity index (χ0v) is 7.55. The van der Waals surface area contributed by atoms with Crippen molar-refractivity contribution in [3.05, 3.63) is 49.1 Å². The fourth-order valence-electron chi connectivity index (χ4n) is 0.888. The van der Waals surface area contributed by atoms with Gasteiger partial charge in [-0.15, -0.1) is 6.58 Å². The second-order valence-corrected chi connectivity index (χ2v) is 2.61. The van der Waals surface area contributed by atoms with Crippen LogP contribution in [0.4, 0.5) is 0 Å². The highest BCUT2D eigenvalue weighted by Crippen LogP contribution is 2.08. The molecule has 1 nitrogen and oxygen atoms in total. The van der Waals surface area contributed by atoms with Crippen LogP contribution >= 0.6 is 0 Å². The topological polar surface area (TPSA) is 26.0 Å². The van der Waals surface area contributed by atoms with Gasteiger partial charge >= 0.3 is 0 Å². The molecule has 66 valence electrons. The molecule has 0 saturated heterocycles. The Morgan fingerprint density at radius 2 is 2.00 bits per heavy atom. The molecule has 0 saturated carbocycles. The van der Waals surface area contributed by atoms with Gasteiger partial charge in [-0.1, -0.05) is 37.0 Å². The van der Waals surface area contributed by atoms with Gasteiger partial charge in [0.05, 0.1) is 0 Å². The summed E-state index contributed by atoms with van der Waals surface area (Å²) in [5, 5.41) is 0. The highest BCUT2D eigenvalue weighted by atomic mass is 14.5. The molecule has 0 aromatic heterocycles. The Kier molecular flexibility index (Phi) is 6.02. The van der Waals surface area contributed by atoms with Crippen LogP contribution in [0.3, 0.4) is 0 Å². The Bertz CT molecular complexity index is 199. The molecule has 1 heteroatoms. The van der Waals surface area contributed by atoms with Crippen molar-refractivity contribution in [2.24, 2.45) is 5.73 Å². The van der Waals surface area contributed by atoms with Gasteiger partial charge in [-0.05, 0) is 25.0 Å². The van der Waals surface area contributed by atoms with Gasteiger partial charge in [-0.3, -0.25) is 0 Å². The zero-order chi connectivity index (χ0) is 9.40. The van der Waals surface area contributed by atoms with Crippen LogP contribution in [-0.2, 0) is 0 Å². The summed E-state index contributed by atoms with van der Waals surface area (Å²) in [7, 11) is 0. The van der Waals surface area contributed by atoms with E-state index in [1.807, 2.05) is 18.2 Å². The molecule has 0 aromatic carbocycles. The molecule has 0 aliphatic rings. The smallest absolute Gasteiger partial charge is 0.00369 e. The van der Waals surface area contributed by atoms with E-state index in [0.29, 0.717) is 6.54 Å². The zero-order valence-electron chi connectivity index (χ0n) is 7.55. The van der Waals surface area contributed by atoms with E-state index in [1.165, 1.54) is 0 Å². The van der Waals surface area contributed by atoms with Crippen LogP contribution in [0.1, 0.15) is 12.8 Å². The van der Waals surface area contributed by atoms with Gasteiger partial charge in [-0.25, -0.2) is 0 Å². The summed E-state index contributed by atoms with van der Waals surface area (Å²) in [5.41, 5.74) is 7.58. The van der Waals surface area contributed by atoms with Crippen molar-refractivity contribution in [1.82, 2.24) is 0 Å². The summed E-state index contributed by atoms with van der Waals surface area (Å²) in [4.78, 5) is 0.